The second-order valence-corrected chi connectivity index (χ2v) is 6.72. The molecule has 7 heteroatoms. The second kappa shape index (κ2) is 6.85. The number of thioether (sulfide) groups is 1. The van der Waals surface area contributed by atoms with Gasteiger partial charge in [0.1, 0.15) is 6.61 Å². The largest absolute Gasteiger partial charge is 0.411 e. The SMILES string of the molecule is OC(CCOCC(F)(F)F)C1CCOC2(CCSC2)C1. The first-order chi connectivity index (χ1) is 9.40. The van der Waals surface area contributed by atoms with Gasteiger partial charge in [-0.25, -0.2) is 0 Å². The third-order valence-electron chi connectivity index (χ3n) is 3.97. The first-order valence-electron chi connectivity index (χ1n) is 6.94. The molecule has 0 aromatic rings. The van der Waals surface area contributed by atoms with Gasteiger partial charge in [-0.15, -0.1) is 0 Å². The first kappa shape index (κ1) is 16.4. The van der Waals surface area contributed by atoms with Crippen molar-refractivity contribution in [3.63, 3.8) is 0 Å². The van der Waals surface area contributed by atoms with Crippen molar-refractivity contribution in [3.8, 4) is 0 Å². The van der Waals surface area contributed by atoms with Crippen molar-refractivity contribution in [1.82, 2.24) is 0 Å². The predicted molar refractivity (Wildman–Crippen MR) is 70.8 cm³/mol. The van der Waals surface area contributed by atoms with Crippen molar-refractivity contribution >= 4 is 11.8 Å². The van der Waals surface area contributed by atoms with Crippen LogP contribution in [0, 0.1) is 5.92 Å². The predicted octanol–water partition coefficient (Wildman–Crippen LogP) is 2.62. The van der Waals surface area contributed by atoms with Crippen LogP contribution in [-0.4, -0.2) is 54.3 Å². The molecule has 0 aliphatic carbocycles. The van der Waals surface area contributed by atoms with Gasteiger partial charge in [-0.05, 0) is 37.4 Å². The number of ether oxygens (including phenoxy) is 2. The zero-order valence-electron chi connectivity index (χ0n) is 11.3. The van der Waals surface area contributed by atoms with E-state index in [0.29, 0.717) is 6.61 Å². The van der Waals surface area contributed by atoms with Gasteiger partial charge >= 0.3 is 6.18 Å². The van der Waals surface area contributed by atoms with E-state index in [0.717, 1.165) is 30.8 Å². The molecule has 0 aromatic carbocycles. The topological polar surface area (TPSA) is 38.7 Å². The van der Waals surface area contributed by atoms with Crippen LogP contribution < -0.4 is 0 Å². The third kappa shape index (κ3) is 4.79. The van der Waals surface area contributed by atoms with Gasteiger partial charge in [-0.2, -0.15) is 24.9 Å². The molecule has 1 spiro atoms. The summed E-state index contributed by atoms with van der Waals surface area (Å²) in [5.41, 5.74) is -0.110. The van der Waals surface area contributed by atoms with E-state index in [-0.39, 0.29) is 24.5 Å². The lowest BCUT2D eigenvalue weighted by molar-refractivity contribution is -0.176. The highest BCUT2D eigenvalue weighted by atomic mass is 32.2. The van der Waals surface area contributed by atoms with Crippen LogP contribution in [0.15, 0.2) is 0 Å². The Bertz CT molecular complexity index is 306. The standard InChI is InChI=1S/C13H21F3O3S/c14-13(15,16)8-18-4-2-11(17)10-1-5-19-12(7-10)3-6-20-9-12/h10-11,17H,1-9H2. The van der Waals surface area contributed by atoms with Crippen molar-refractivity contribution in [2.24, 2.45) is 5.92 Å². The molecular weight excluding hydrogens is 293 g/mol. The molecule has 3 atom stereocenters. The van der Waals surface area contributed by atoms with Gasteiger partial charge < -0.3 is 14.6 Å². The Morgan fingerprint density at radius 2 is 2.25 bits per heavy atom. The minimum atomic E-state index is -4.30. The monoisotopic (exact) mass is 314 g/mol. The van der Waals surface area contributed by atoms with Crippen LogP contribution in [0.4, 0.5) is 13.2 Å². The highest BCUT2D eigenvalue weighted by Gasteiger charge is 2.42. The van der Waals surface area contributed by atoms with E-state index in [1.807, 2.05) is 11.8 Å². The van der Waals surface area contributed by atoms with Gasteiger partial charge in [0.05, 0.1) is 11.7 Å². The fraction of sp³-hybridized carbons (Fsp3) is 1.00. The Hall–Kier alpha value is 0.0200. The molecule has 2 heterocycles. The molecule has 0 saturated carbocycles. The molecule has 2 saturated heterocycles. The lowest BCUT2D eigenvalue weighted by Crippen LogP contribution is -2.43. The molecule has 3 unspecified atom stereocenters. The lowest BCUT2D eigenvalue weighted by Gasteiger charge is -2.39. The Morgan fingerprint density at radius 3 is 2.90 bits per heavy atom. The number of alkyl halides is 3. The maximum Gasteiger partial charge on any atom is 0.411 e. The minimum absolute atomic E-state index is 0.0558. The molecule has 0 bridgehead atoms. The lowest BCUT2D eigenvalue weighted by atomic mass is 9.81. The smallest absolute Gasteiger partial charge is 0.393 e. The highest BCUT2D eigenvalue weighted by molar-refractivity contribution is 7.99. The number of aliphatic hydroxyl groups is 1. The van der Waals surface area contributed by atoms with Crippen LogP contribution >= 0.6 is 11.8 Å². The van der Waals surface area contributed by atoms with Crippen molar-refractivity contribution in [1.29, 1.82) is 0 Å². The van der Waals surface area contributed by atoms with E-state index >= 15 is 0 Å². The molecule has 0 radical (unpaired) electrons. The van der Waals surface area contributed by atoms with Gasteiger partial charge in [0.2, 0.25) is 0 Å². The van der Waals surface area contributed by atoms with Crippen molar-refractivity contribution in [2.45, 2.75) is 43.6 Å². The normalized spacial score (nSPS) is 32.7. The van der Waals surface area contributed by atoms with Crippen molar-refractivity contribution in [3.05, 3.63) is 0 Å². The number of hydrogen-bond acceptors (Lipinski definition) is 4. The second-order valence-electron chi connectivity index (χ2n) is 5.61. The summed E-state index contributed by atoms with van der Waals surface area (Å²) in [7, 11) is 0. The average molecular weight is 314 g/mol. The van der Waals surface area contributed by atoms with Gasteiger partial charge in [-0.1, -0.05) is 0 Å². The van der Waals surface area contributed by atoms with Crippen LogP contribution in [0.2, 0.25) is 0 Å². The molecule has 3 nitrogen and oxygen atoms in total. The van der Waals surface area contributed by atoms with Gasteiger partial charge in [0, 0.05) is 19.0 Å². The van der Waals surface area contributed by atoms with E-state index in [2.05, 4.69) is 4.74 Å². The third-order valence-corrected chi connectivity index (χ3v) is 5.19. The van der Waals surface area contributed by atoms with Gasteiger partial charge in [0.15, 0.2) is 0 Å². The molecule has 1 N–H and O–H groups in total. The molecule has 0 aromatic heterocycles. The number of rotatable bonds is 5. The summed E-state index contributed by atoms with van der Waals surface area (Å²) in [5, 5.41) is 10.1. The van der Waals surface area contributed by atoms with Crippen LogP contribution in [0.5, 0.6) is 0 Å². The minimum Gasteiger partial charge on any atom is -0.393 e. The first-order valence-corrected chi connectivity index (χ1v) is 8.10. The summed E-state index contributed by atoms with van der Waals surface area (Å²) < 4.78 is 46.2. The van der Waals surface area contributed by atoms with Crippen molar-refractivity contribution in [2.75, 3.05) is 31.3 Å². The van der Waals surface area contributed by atoms with E-state index < -0.39 is 18.9 Å². The maximum absolute atomic E-state index is 11.9. The highest BCUT2D eigenvalue weighted by Crippen LogP contribution is 2.41. The van der Waals surface area contributed by atoms with Crippen LogP contribution in [0.1, 0.15) is 25.7 Å². The zero-order chi connectivity index (χ0) is 14.6. The summed E-state index contributed by atoms with van der Waals surface area (Å²) in [6.45, 7) is -0.667. The van der Waals surface area contributed by atoms with Crippen LogP contribution in [-0.2, 0) is 9.47 Å². The molecule has 20 heavy (non-hydrogen) atoms. The molecular formula is C13H21F3O3S. The van der Waals surface area contributed by atoms with E-state index in [4.69, 9.17) is 4.74 Å². The summed E-state index contributed by atoms with van der Waals surface area (Å²) in [5.74, 6) is 2.15. The molecule has 2 aliphatic heterocycles. The van der Waals surface area contributed by atoms with E-state index in [1.165, 1.54) is 0 Å². The molecule has 2 aliphatic rings. The quantitative estimate of drug-likeness (QED) is 0.792. The number of aliphatic hydroxyl groups excluding tert-OH is 1. The average Bonchev–Trinajstić information content (AvgIpc) is 2.81. The van der Waals surface area contributed by atoms with Crippen LogP contribution in [0.25, 0.3) is 0 Å². The number of halogens is 3. The van der Waals surface area contributed by atoms with Gasteiger partial charge in [-0.3, -0.25) is 0 Å². The van der Waals surface area contributed by atoms with Gasteiger partial charge in [0.25, 0.3) is 0 Å². The summed E-state index contributed by atoms with van der Waals surface area (Å²) in [6.07, 6.45) is -2.06. The molecule has 2 fully saturated rings. The summed E-state index contributed by atoms with van der Waals surface area (Å²) in [6, 6.07) is 0. The Morgan fingerprint density at radius 1 is 1.45 bits per heavy atom. The zero-order valence-corrected chi connectivity index (χ0v) is 12.1. The fourth-order valence-electron chi connectivity index (χ4n) is 2.89. The van der Waals surface area contributed by atoms with E-state index in [1.54, 1.807) is 0 Å². The summed E-state index contributed by atoms with van der Waals surface area (Å²) >= 11 is 1.86. The number of hydrogen-bond donors (Lipinski definition) is 1. The molecule has 2 rings (SSSR count). The Kier molecular flexibility index (Phi) is 5.62. The molecule has 0 amide bonds. The van der Waals surface area contributed by atoms with E-state index in [9.17, 15) is 18.3 Å². The fourth-order valence-corrected chi connectivity index (χ4v) is 4.26. The van der Waals surface area contributed by atoms with Crippen molar-refractivity contribution < 1.29 is 27.8 Å². The Labute approximate surface area is 121 Å². The Balaban J connectivity index is 1.70. The summed E-state index contributed by atoms with van der Waals surface area (Å²) in [4.78, 5) is 0. The molecule has 118 valence electrons. The maximum atomic E-state index is 11.9. The van der Waals surface area contributed by atoms with Crippen LogP contribution in [0.3, 0.4) is 0 Å².